The van der Waals surface area contributed by atoms with Crippen LogP contribution in [-0.2, 0) is 10.4 Å². The normalized spacial score (nSPS) is 13.1. The van der Waals surface area contributed by atoms with Gasteiger partial charge in [0.25, 0.3) is 0 Å². The number of hydrogen-bond donors (Lipinski definition) is 2. The summed E-state index contributed by atoms with van der Waals surface area (Å²) >= 11 is 0. The van der Waals surface area contributed by atoms with Gasteiger partial charge < -0.3 is 10.2 Å². The van der Waals surface area contributed by atoms with Crippen LogP contribution < -0.4 is 0 Å². The second-order valence-electron chi connectivity index (χ2n) is 4.95. The Morgan fingerprint density at radius 2 is 1.80 bits per heavy atom. The maximum atomic E-state index is 10.7. The quantitative estimate of drug-likeness (QED) is 0.592. The third-order valence-electron chi connectivity index (χ3n) is 3.27. The Bertz CT molecular complexity index is 470. The standard InChI is InChI=1S/C17H22O3/c1-2-3-4-5-9-13-17(20,14-12-16(18)19)15-10-7-6-8-11-15/h6-8,10-11,20H,2-5,9,13H2,1H3,(H,18,19). The zero-order chi connectivity index (χ0) is 14.8. The third kappa shape index (κ3) is 5.46. The molecule has 3 heteroatoms. The van der Waals surface area contributed by atoms with Gasteiger partial charge in [-0.3, -0.25) is 0 Å². The van der Waals surface area contributed by atoms with E-state index >= 15 is 0 Å². The number of carboxylic acids is 1. The Hall–Kier alpha value is -1.79. The van der Waals surface area contributed by atoms with Crippen LogP contribution in [0, 0.1) is 11.8 Å². The minimum atomic E-state index is -1.37. The van der Waals surface area contributed by atoms with E-state index in [1.54, 1.807) is 12.1 Å². The van der Waals surface area contributed by atoms with E-state index in [2.05, 4.69) is 18.8 Å². The van der Waals surface area contributed by atoms with E-state index in [0.717, 1.165) is 19.3 Å². The summed E-state index contributed by atoms with van der Waals surface area (Å²) in [6, 6.07) is 9.06. The van der Waals surface area contributed by atoms with E-state index < -0.39 is 11.6 Å². The van der Waals surface area contributed by atoms with Gasteiger partial charge in [-0.1, -0.05) is 68.9 Å². The third-order valence-corrected chi connectivity index (χ3v) is 3.27. The highest BCUT2D eigenvalue weighted by Gasteiger charge is 2.26. The molecule has 0 bridgehead atoms. The van der Waals surface area contributed by atoms with E-state index in [0.29, 0.717) is 12.0 Å². The summed E-state index contributed by atoms with van der Waals surface area (Å²) in [6.45, 7) is 2.15. The molecule has 0 heterocycles. The number of rotatable bonds is 7. The van der Waals surface area contributed by atoms with Crippen LogP contribution in [-0.4, -0.2) is 16.2 Å². The van der Waals surface area contributed by atoms with Gasteiger partial charge in [0.1, 0.15) is 0 Å². The highest BCUT2D eigenvalue weighted by Crippen LogP contribution is 2.27. The molecular formula is C17H22O3. The Labute approximate surface area is 120 Å². The van der Waals surface area contributed by atoms with Crippen LogP contribution in [0.15, 0.2) is 30.3 Å². The molecule has 1 aromatic rings. The van der Waals surface area contributed by atoms with Gasteiger partial charge in [0.05, 0.1) is 0 Å². The molecule has 0 aliphatic carbocycles. The number of benzene rings is 1. The summed E-state index contributed by atoms with van der Waals surface area (Å²) in [5.41, 5.74) is -0.712. The summed E-state index contributed by atoms with van der Waals surface area (Å²) in [5, 5.41) is 19.3. The predicted molar refractivity (Wildman–Crippen MR) is 79.1 cm³/mol. The first-order valence-corrected chi connectivity index (χ1v) is 7.12. The van der Waals surface area contributed by atoms with Crippen molar-refractivity contribution in [2.24, 2.45) is 0 Å². The predicted octanol–water partition coefficient (Wildman–Crippen LogP) is 3.32. The molecule has 1 atom stereocenters. The van der Waals surface area contributed by atoms with Crippen LogP contribution >= 0.6 is 0 Å². The van der Waals surface area contributed by atoms with E-state index in [9.17, 15) is 9.90 Å². The molecule has 0 aromatic heterocycles. The van der Waals surface area contributed by atoms with Gasteiger partial charge in [-0.25, -0.2) is 4.79 Å². The van der Waals surface area contributed by atoms with Gasteiger partial charge in [0.15, 0.2) is 5.60 Å². The van der Waals surface area contributed by atoms with Crippen molar-refractivity contribution in [1.82, 2.24) is 0 Å². The lowest BCUT2D eigenvalue weighted by molar-refractivity contribution is -0.130. The van der Waals surface area contributed by atoms with Gasteiger partial charge in [-0.05, 0) is 18.4 Å². The number of aliphatic carboxylic acids is 1. The highest BCUT2D eigenvalue weighted by molar-refractivity contribution is 5.86. The Morgan fingerprint density at radius 1 is 1.15 bits per heavy atom. The van der Waals surface area contributed by atoms with Crippen LogP contribution in [0.5, 0.6) is 0 Å². The first kappa shape index (κ1) is 16.3. The highest BCUT2D eigenvalue weighted by atomic mass is 16.4. The van der Waals surface area contributed by atoms with Crippen molar-refractivity contribution in [2.75, 3.05) is 0 Å². The fourth-order valence-corrected chi connectivity index (χ4v) is 2.13. The van der Waals surface area contributed by atoms with Gasteiger partial charge in [-0.15, -0.1) is 0 Å². The fourth-order valence-electron chi connectivity index (χ4n) is 2.13. The average molecular weight is 274 g/mol. The second-order valence-corrected chi connectivity index (χ2v) is 4.95. The van der Waals surface area contributed by atoms with Crippen LogP contribution in [0.4, 0.5) is 0 Å². The molecule has 0 aliphatic rings. The summed E-state index contributed by atoms with van der Waals surface area (Å²) in [4.78, 5) is 10.6. The minimum absolute atomic E-state index is 0.459. The molecule has 108 valence electrons. The maximum absolute atomic E-state index is 10.7. The molecule has 0 spiro atoms. The molecular weight excluding hydrogens is 252 g/mol. The number of carboxylic acid groups (broad SMARTS) is 1. The first-order valence-electron chi connectivity index (χ1n) is 7.12. The summed E-state index contributed by atoms with van der Waals surface area (Å²) in [6.07, 6.45) is 5.80. The summed E-state index contributed by atoms with van der Waals surface area (Å²) in [7, 11) is 0. The molecule has 0 amide bonds. The average Bonchev–Trinajstić information content (AvgIpc) is 2.46. The smallest absolute Gasteiger partial charge is 0.382 e. The molecule has 1 rings (SSSR count). The van der Waals surface area contributed by atoms with Crippen LogP contribution in [0.25, 0.3) is 0 Å². The minimum Gasteiger partial charge on any atom is -0.472 e. The van der Waals surface area contributed by atoms with E-state index in [1.165, 1.54) is 12.8 Å². The van der Waals surface area contributed by atoms with Crippen molar-refractivity contribution in [3.63, 3.8) is 0 Å². The van der Waals surface area contributed by atoms with Gasteiger partial charge in [0.2, 0.25) is 0 Å². The van der Waals surface area contributed by atoms with Crippen LogP contribution in [0.1, 0.15) is 51.0 Å². The van der Waals surface area contributed by atoms with Crippen molar-refractivity contribution in [2.45, 2.75) is 51.0 Å². The molecule has 0 saturated heterocycles. The molecule has 0 fully saturated rings. The molecule has 0 aliphatic heterocycles. The number of unbranched alkanes of at least 4 members (excludes halogenated alkanes) is 4. The Balaban J connectivity index is 2.76. The number of aliphatic hydroxyl groups is 1. The Kier molecular flexibility index (Phi) is 6.83. The largest absolute Gasteiger partial charge is 0.472 e. The molecule has 20 heavy (non-hydrogen) atoms. The lowest BCUT2D eigenvalue weighted by Gasteiger charge is -2.22. The molecule has 0 radical (unpaired) electrons. The Morgan fingerprint density at radius 3 is 2.40 bits per heavy atom. The zero-order valence-corrected chi connectivity index (χ0v) is 11.9. The zero-order valence-electron chi connectivity index (χ0n) is 11.9. The maximum Gasteiger partial charge on any atom is 0.382 e. The van der Waals surface area contributed by atoms with E-state index in [1.807, 2.05) is 18.2 Å². The summed E-state index contributed by atoms with van der Waals surface area (Å²) < 4.78 is 0. The molecule has 2 N–H and O–H groups in total. The fraction of sp³-hybridized carbons (Fsp3) is 0.471. The van der Waals surface area contributed by atoms with Gasteiger partial charge >= 0.3 is 5.97 Å². The first-order chi connectivity index (χ1) is 9.58. The monoisotopic (exact) mass is 274 g/mol. The molecule has 1 unspecified atom stereocenters. The van der Waals surface area contributed by atoms with Crippen LogP contribution in [0.3, 0.4) is 0 Å². The van der Waals surface area contributed by atoms with Crippen molar-refractivity contribution >= 4 is 5.97 Å². The van der Waals surface area contributed by atoms with Crippen molar-refractivity contribution < 1.29 is 15.0 Å². The van der Waals surface area contributed by atoms with Crippen molar-refractivity contribution in [3.05, 3.63) is 35.9 Å². The summed E-state index contributed by atoms with van der Waals surface area (Å²) in [5.74, 6) is 3.34. The molecule has 1 aromatic carbocycles. The lowest BCUT2D eigenvalue weighted by atomic mass is 9.88. The lowest BCUT2D eigenvalue weighted by Crippen LogP contribution is -2.24. The van der Waals surface area contributed by atoms with Crippen LogP contribution in [0.2, 0.25) is 0 Å². The number of carbonyl (C=O) groups is 1. The molecule has 3 nitrogen and oxygen atoms in total. The topological polar surface area (TPSA) is 57.5 Å². The SMILES string of the molecule is CCCCCCCC(O)(C#CC(=O)O)c1ccccc1. The van der Waals surface area contributed by atoms with E-state index in [4.69, 9.17) is 5.11 Å². The number of hydrogen-bond acceptors (Lipinski definition) is 2. The van der Waals surface area contributed by atoms with Crippen molar-refractivity contribution in [3.8, 4) is 11.8 Å². The van der Waals surface area contributed by atoms with E-state index in [-0.39, 0.29) is 0 Å². The second kappa shape index (κ2) is 8.39. The van der Waals surface area contributed by atoms with Gasteiger partial charge in [0, 0.05) is 5.92 Å². The molecule has 0 saturated carbocycles. The van der Waals surface area contributed by atoms with Gasteiger partial charge in [-0.2, -0.15) is 0 Å². The van der Waals surface area contributed by atoms with Crippen molar-refractivity contribution in [1.29, 1.82) is 0 Å².